The molecule has 4 nitrogen and oxygen atoms in total. The van der Waals surface area contributed by atoms with Crippen molar-refractivity contribution in [1.82, 2.24) is 4.90 Å². The molecule has 2 atom stereocenters. The normalized spacial score (nSPS) is 24.3. The van der Waals surface area contributed by atoms with Gasteiger partial charge in [-0.05, 0) is 18.1 Å². The maximum atomic E-state index is 12.5. The summed E-state index contributed by atoms with van der Waals surface area (Å²) < 4.78 is 29.5. The number of guanidine groups is 1. The van der Waals surface area contributed by atoms with Crippen LogP contribution in [0.4, 0.5) is 8.78 Å². The first-order valence-electron chi connectivity index (χ1n) is 7.35. The van der Waals surface area contributed by atoms with Gasteiger partial charge in [-0.3, -0.25) is 0 Å². The zero-order valence-corrected chi connectivity index (χ0v) is 15.7. The highest BCUT2D eigenvalue weighted by Crippen LogP contribution is 2.47. The van der Waals surface area contributed by atoms with Crippen LogP contribution in [0.1, 0.15) is 17.9 Å². The summed E-state index contributed by atoms with van der Waals surface area (Å²) in [5, 5.41) is 0. The lowest BCUT2D eigenvalue weighted by Gasteiger charge is -2.27. The third-order valence-corrected chi connectivity index (χ3v) is 4.87. The lowest BCUT2D eigenvalue weighted by Crippen LogP contribution is -2.42. The average Bonchev–Trinajstić information content (AvgIpc) is 3.27. The van der Waals surface area contributed by atoms with Gasteiger partial charge in [-0.25, -0.2) is 4.99 Å². The number of hydrogen-bond donors (Lipinski definition) is 1. The van der Waals surface area contributed by atoms with Gasteiger partial charge in [-0.1, -0.05) is 18.2 Å². The number of nitrogens with two attached hydrogens (primary N) is 1. The number of ether oxygens (including phenoxy) is 1. The summed E-state index contributed by atoms with van der Waals surface area (Å²) in [6.07, 6.45) is 0.826. The van der Waals surface area contributed by atoms with E-state index >= 15 is 0 Å². The number of benzene rings is 1. The summed E-state index contributed by atoms with van der Waals surface area (Å²) in [6, 6.07) is 6.99. The van der Waals surface area contributed by atoms with Crippen molar-refractivity contribution in [3.05, 3.63) is 29.8 Å². The molecule has 2 fully saturated rings. The standard InChI is InChI=1S/C15H19F2N3OS.HI/c16-14(17)21-13-4-2-1-3-10(13)11-9-12(11)19-15(18)20-5-7-22-8-6-20;/h1-4,11-12,14H,5-9H2,(H2,18,19);1H/t11-,12+;/m1./s1. The summed E-state index contributed by atoms with van der Waals surface area (Å²) in [5.74, 6) is 3.06. The smallest absolute Gasteiger partial charge is 0.387 e. The number of thioether (sulfide) groups is 1. The second kappa shape index (κ2) is 8.36. The van der Waals surface area contributed by atoms with E-state index in [2.05, 4.69) is 14.6 Å². The Morgan fingerprint density at radius 2 is 2.00 bits per heavy atom. The highest BCUT2D eigenvalue weighted by Gasteiger charge is 2.41. The van der Waals surface area contributed by atoms with Gasteiger partial charge in [-0.2, -0.15) is 20.5 Å². The van der Waals surface area contributed by atoms with Gasteiger partial charge in [-0.15, -0.1) is 24.0 Å². The molecule has 0 spiro atoms. The Morgan fingerprint density at radius 1 is 1.30 bits per heavy atom. The van der Waals surface area contributed by atoms with Crippen LogP contribution < -0.4 is 10.5 Å². The van der Waals surface area contributed by atoms with E-state index in [1.165, 1.54) is 0 Å². The van der Waals surface area contributed by atoms with Crippen molar-refractivity contribution >= 4 is 41.7 Å². The van der Waals surface area contributed by atoms with Gasteiger partial charge in [0.2, 0.25) is 0 Å². The van der Waals surface area contributed by atoms with Crippen molar-refractivity contribution < 1.29 is 13.5 Å². The number of alkyl halides is 2. The first-order chi connectivity index (χ1) is 10.6. The van der Waals surface area contributed by atoms with E-state index in [1.807, 2.05) is 23.9 Å². The summed E-state index contributed by atoms with van der Waals surface area (Å²) in [4.78, 5) is 6.65. The fourth-order valence-corrected chi connectivity index (χ4v) is 3.60. The summed E-state index contributed by atoms with van der Waals surface area (Å²) in [5.41, 5.74) is 6.85. The minimum atomic E-state index is -2.81. The van der Waals surface area contributed by atoms with Crippen molar-refractivity contribution in [3.63, 3.8) is 0 Å². The Bertz CT molecular complexity index is 555. The molecule has 0 radical (unpaired) electrons. The van der Waals surface area contributed by atoms with Crippen molar-refractivity contribution in [2.75, 3.05) is 24.6 Å². The first kappa shape index (κ1) is 18.6. The molecule has 0 bridgehead atoms. The van der Waals surface area contributed by atoms with Crippen LogP contribution in [0.5, 0.6) is 5.75 Å². The second-order valence-electron chi connectivity index (χ2n) is 5.41. The topological polar surface area (TPSA) is 50.9 Å². The molecular weight excluding hydrogens is 435 g/mol. The Balaban J connectivity index is 0.00000192. The molecule has 1 aliphatic carbocycles. The van der Waals surface area contributed by atoms with Crippen LogP contribution in [0, 0.1) is 0 Å². The Morgan fingerprint density at radius 3 is 2.70 bits per heavy atom. The van der Waals surface area contributed by atoms with Crippen molar-refractivity contribution in [2.24, 2.45) is 10.7 Å². The van der Waals surface area contributed by atoms with Crippen molar-refractivity contribution in [3.8, 4) is 5.75 Å². The van der Waals surface area contributed by atoms with Crippen LogP contribution in [0.2, 0.25) is 0 Å². The van der Waals surface area contributed by atoms with E-state index < -0.39 is 6.61 Å². The number of aliphatic imine (C=N–C) groups is 1. The van der Waals surface area contributed by atoms with E-state index in [0.717, 1.165) is 36.6 Å². The first-order valence-corrected chi connectivity index (χ1v) is 8.50. The highest BCUT2D eigenvalue weighted by atomic mass is 127. The fourth-order valence-electron chi connectivity index (χ4n) is 2.69. The Labute approximate surface area is 155 Å². The fraction of sp³-hybridized carbons (Fsp3) is 0.533. The third kappa shape index (κ3) is 4.85. The zero-order chi connectivity index (χ0) is 15.5. The van der Waals surface area contributed by atoms with Crippen LogP contribution in [-0.4, -0.2) is 48.1 Å². The van der Waals surface area contributed by atoms with Gasteiger partial charge in [0.1, 0.15) is 5.75 Å². The minimum Gasteiger partial charge on any atom is -0.435 e. The van der Waals surface area contributed by atoms with Crippen LogP contribution in [0.15, 0.2) is 29.3 Å². The van der Waals surface area contributed by atoms with E-state index in [1.54, 1.807) is 12.1 Å². The van der Waals surface area contributed by atoms with Gasteiger partial charge < -0.3 is 15.4 Å². The van der Waals surface area contributed by atoms with Gasteiger partial charge in [0.25, 0.3) is 0 Å². The largest absolute Gasteiger partial charge is 0.435 e. The molecule has 8 heteroatoms. The molecule has 1 aromatic carbocycles. The highest BCUT2D eigenvalue weighted by molar-refractivity contribution is 14.0. The molecule has 2 N–H and O–H groups in total. The monoisotopic (exact) mass is 455 g/mol. The zero-order valence-electron chi connectivity index (χ0n) is 12.5. The van der Waals surface area contributed by atoms with Crippen LogP contribution >= 0.6 is 35.7 Å². The van der Waals surface area contributed by atoms with E-state index in [9.17, 15) is 8.78 Å². The Hall–Kier alpha value is -0.770. The lowest BCUT2D eigenvalue weighted by atomic mass is 10.1. The van der Waals surface area contributed by atoms with Gasteiger partial charge in [0.15, 0.2) is 5.96 Å². The number of nitrogens with zero attached hydrogens (tertiary/aromatic N) is 2. The lowest BCUT2D eigenvalue weighted by molar-refractivity contribution is -0.0504. The van der Waals surface area contributed by atoms with E-state index in [4.69, 9.17) is 5.73 Å². The number of para-hydroxylation sites is 1. The molecule has 1 heterocycles. The van der Waals surface area contributed by atoms with Crippen LogP contribution in [0.3, 0.4) is 0 Å². The predicted molar refractivity (Wildman–Crippen MR) is 100 cm³/mol. The molecule has 1 aromatic rings. The number of halogens is 3. The van der Waals surface area contributed by atoms with Crippen LogP contribution in [0.25, 0.3) is 0 Å². The molecule has 0 amide bonds. The minimum absolute atomic E-state index is 0. The van der Waals surface area contributed by atoms with Crippen molar-refractivity contribution in [1.29, 1.82) is 0 Å². The summed E-state index contributed by atoms with van der Waals surface area (Å²) in [6.45, 7) is -0.969. The van der Waals surface area contributed by atoms with Gasteiger partial charge >= 0.3 is 6.61 Å². The number of hydrogen-bond acceptors (Lipinski definition) is 3. The molecule has 128 valence electrons. The van der Waals surface area contributed by atoms with E-state index in [0.29, 0.717) is 5.96 Å². The molecule has 2 aliphatic rings. The molecule has 1 saturated heterocycles. The summed E-state index contributed by atoms with van der Waals surface area (Å²) in [7, 11) is 0. The SMILES string of the molecule is I.NC(=N[C@H]1C[C@@H]1c1ccccc1OC(F)F)N1CCSCC1. The molecule has 0 aromatic heterocycles. The molecule has 0 unspecified atom stereocenters. The maximum absolute atomic E-state index is 12.5. The maximum Gasteiger partial charge on any atom is 0.387 e. The Kier molecular flexibility index (Phi) is 6.75. The summed E-state index contributed by atoms with van der Waals surface area (Å²) >= 11 is 1.92. The molecule has 1 saturated carbocycles. The quantitative estimate of drug-likeness (QED) is 0.431. The molecule has 3 rings (SSSR count). The molecule has 1 aliphatic heterocycles. The van der Waals surface area contributed by atoms with Gasteiger partial charge in [0.05, 0.1) is 6.04 Å². The van der Waals surface area contributed by atoms with Gasteiger partial charge in [0, 0.05) is 30.5 Å². The van der Waals surface area contributed by atoms with Crippen LogP contribution in [-0.2, 0) is 0 Å². The van der Waals surface area contributed by atoms with E-state index in [-0.39, 0.29) is 41.7 Å². The molecule has 23 heavy (non-hydrogen) atoms. The number of rotatable bonds is 4. The predicted octanol–water partition coefficient (Wildman–Crippen LogP) is 3.13. The second-order valence-corrected chi connectivity index (χ2v) is 6.64. The average molecular weight is 455 g/mol. The van der Waals surface area contributed by atoms with Crippen molar-refractivity contribution in [2.45, 2.75) is 25.0 Å². The molecular formula is C15H20F2IN3OS. The third-order valence-electron chi connectivity index (χ3n) is 3.92.